The highest BCUT2D eigenvalue weighted by molar-refractivity contribution is 5.89. The minimum absolute atomic E-state index is 0.342. The molecule has 0 fully saturated rings. The summed E-state index contributed by atoms with van der Waals surface area (Å²) < 4.78 is 10.7. The highest BCUT2D eigenvalue weighted by Crippen LogP contribution is 2.28. The molecule has 0 radical (unpaired) electrons. The molecule has 29 heavy (non-hydrogen) atoms. The fourth-order valence-corrected chi connectivity index (χ4v) is 2.97. The third kappa shape index (κ3) is 4.16. The maximum absolute atomic E-state index is 11.7. The molecular weight excluding hydrogens is 366 g/mol. The van der Waals surface area contributed by atoms with Gasteiger partial charge >= 0.3 is 5.97 Å². The molecule has 1 aromatic heterocycles. The molecule has 0 amide bonds. The van der Waals surface area contributed by atoms with Crippen molar-refractivity contribution in [2.45, 2.75) is 6.04 Å². The van der Waals surface area contributed by atoms with E-state index in [1.807, 2.05) is 72.8 Å². The van der Waals surface area contributed by atoms with Crippen LogP contribution in [0.5, 0.6) is 0 Å². The van der Waals surface area contributed by atoms with Crippen LogP contribution in [0.25, 0.3) is 11.5 Å². The lowest BCUT2D eigenvalue weighted by Crippen LogP contribution is -2.13. The number of benzene rings is 3. The fourth-order valence-electron chi connectivity index (χ4n) is 2.97. The van der Waals surface area contributed by atoms with E-state index in [-0.39, 0.29) is 12.0 Å². The lowest BCUT2D eigenvalue weighted by atomic mass is 10.1. The molecule has 0 spiro atoms. The number of anilines is 1. The molecule has 0 bridgehead atoms. The second kappa shape index (κ2) is 8.39. The molecule has 4 aromatic rings. The van der Waals surface area contributed by atoms with Gasteiger partial charge in [-0.3, -0.25) is 0 Å². The van der Waals surface area contributed by atoms with E-state index >= 15 is 0 Å². The van der Waals surface area contributed by atoms with Crippen molar-refractivity contribution in [3.05, 3.63) is 102 Å². The smallest absolute Gasteiger partial charge is 0.337 e. The Bertz CT molecular complexity index is 1080. The van der Waals surface area contributed by atoms with Gasteiger partial charge in [-0.2, -0.15) is 0 Å². The summed E-state index contributed by atoms with van der Waals surface area (Å²) in [5, 5.41) is 11.9. The average molecular weight is 385 g/mol. The molecule has 144 valence electrons. The Balaban J connectivity index is 1.65. The summed E-state index contributed by atoms with van der Waals surface area (Å²) in [6, 6.07) is 26.2. The predicted molar refractivity (Wildman–Crippen MR) is 109 cm³/mol. The van der Waals surface area contributed by atoms with Gasteiger partial charge in [0.25, 0.3) is 0 Å². The van der Waals surface area contributed by atoms with Crippen LogP contribution in [0.15, 0.2) is 89.3 Å². The molecule has 0 aliphatic heterocycles. The number of esters is 1. The monoisotopic (exact) mass is 385 g/mol. The number of carbonyl (C=O) groups is 1. The van der Waals surface area contributed by atoms with Crippen molar-refractivity contribution in [1.82, 2.24) is 10.2 Å². The van der Waals surface area contributed by atoms with Crippen LogP contribution in [0, 0.1) is 0 Å². The van der Waals surface area contributed by atoms with E-state index < -0.39 is 0 Å². The number of ether oxygens (including phenoxy) is 1. The zero-order valence-corrected chi connectivity index (χ0v) is 15.8. The summed E-state index contributed by atoms with van der Waals surface area (Å²) in [5.41, 5.74) is 3.14. The average Bonchev–Trinajstić information content (AvgIpc) is 3.28. The minimum Gasteiger partial charge on any atom is -0.465 e. The predicted octanol–water partition coefficient (Wildman–Crippen LogP) is 4.72. The summed E-state index contributed by atoms with van der Waals surface area (Å²) in [6.07, 6.45) is 0. The number of nitrogens with one attached hydrogen (secondary N) is 1. The van der Waals surface area contributed by atoms with Gasteiger partial charge in [0.2, 0.25) is 11.8 Å². The third-order valence-electron chi connectivity index (χ3n) is 4.46. The van der Waals surface area contributed by atoms with Gasteiger partial charge < -0.3 is 14.5 Å². The standard InChI is InChI=1S/C23H19N3O3/c1-28-23(27)18-12-14-19(15-13-18)24-20(16-8-4-2-5-9-16)22-26-25-21(29-22)17-10-6-3-7-11-17/h2-15,20,24H,1H3/t20-/m0/s1. The first-order chi connectivity index (χ1) is 14.2. The van der Waals surface area contributed by atoms with Gasteiger partial charge in [-0.25, -0.2) is 4.79 Å². The maximum atomic E-state index is 11.7. The molecule has 6 heteroatoms. The second-order valence-electron chi connectivity index (χ2n) is 6.37. The first-order valence-electron chi connectivity index (χ1n) is 9.13. The Hall–Kier alpha value is -3.93. The number of aromatic nitrogens is 2. The quantitative estimate of drug-likeness (QED) is 0.484. The van der Waals surface area contributed by atoms with Gasteiger partial charge in [0.1, 0.15) is 6.04 Å². The van der Waals surface area contributed by atoms with Crippen molar-refractivity contribution >= 4 is 11.7 Å². The summed E-state index contributed by atoms with van der Waals surface area (Å²) >= 11 is 0. The highest BCUT2D eigenvalue weighted by Gasteiger charge is 2.21. The number of hydrogen-bond acceptors (Lipinski definition) is 6. The molecule has 6 nitrogen and oxygen atoms in total. The Morgan fingerprint density at radius 1 is 0.897 bits per heavy atom. The van der Waals surface area contributed by atoms with Gasteiger partial charge in [0.15, 0.2) is 0 Å². The molecule has 1 atom stereocenters. The summed E-state index contributed by atoms with van der Waals surface area (Å²) in [6.45, 7) is 0. The van der Waals surface area contributed by atoms with E-state index in [1.54, 1.807) is 12.1 Å². The first-order valence-corrected chi connectivity index (χ1v) is 9.13. The van der Waals surface area contributed by atoms with Crippen molar-refractivity contribution in [1.29, 1.82) is 0 Å². The van der Waals surface area contributed by atoms with Crippen LogP contribution in [-0.2, 0) is 4.74 Å². The van der Waals surface area contributed by atoms with Gasteiger partial charge in [-0.1, -0.05) is 48.5 Å². The number of hydrogen-bond donors (Lipinski definition) is 1. The van der Waals surface area contributed by atoms with Crippen LogP contribution in [0.2, 0.25) is 0 Å². The van der Waals surface area contributed by atoms with Crippen molar-refractivity contribution in [3.63, 3.8) is 0 Å². The molecule has 0 saturated carbocycles. The van der Waals surface area contributed by atoms with Gasteiger partial charge in [0.05, 0.1) is 12.7 Å². The zero-order chi connectivity index (χ0) is 20.1. The van der Waals surface area contributed by atoms with E-state index in [0.717, 1.165) is 16.8 Å². The molecule has 1 heterocycles. The van der Waals surface area contributed by atoms with Crippen LogP contribution >= 0.6 is 0 Å². The summed E-state index contributed by atoms with van der Waals surface area (Å²) in [4.78, 5) is 11.7. The molecule has 3 aromatic carbocycles. The van der Waals surface area contributed by atoms with Gasteiger partial charge in [-0.15, -0.1) is 10.2 Å². The molecule has 1 N–H and O–H groups in total. The number of methoxy groups -OCH3 is 1. The number of rotatable bonds is 6. The molecule has 0 aliphatic rings. The normalized spacial score (nSPS) is 11.6. The molecule has 0 aliphatic carbocycles. The van der Waals surface area contributed by atoms with Crippen LogP contribution in [-0.4, -0.2) is 23.3 Å². The Labute approximate surface area is 168 Å². The van der Waals surface area contributed by atoms with Gasteiger partial charge in [-0.05, 0) is 42.0 Å². The highest BCUT2D eigenvalue weighted by atomic mass is 16.5. The Morgan fingerprint density at radius 3 is 2.21 bits per heavy atom. The second-order valence-corrected chi connectivity index (χ2v) is 6.37. The topological polar surface area (TPSA) is 77.2 Å². The number of carbonyl (C=O) groups excluding carboxylic acids is 1. The van der Waals surface area contributed by atoms with Crippen LogP contribution in [0.3, 0.4) is 0 Å². The van der Waals surface area contributed by atoms with E-state index in [4.69, 9.17) is 9.15 Å². The Morgan fingerprint density at radius 2 is 1.55 bits per heavy atom. The Kier molecular flexibility index (Phi) is 5.33. The van der Waals surface area contributed by atoms with E-state index in [9.17, 15) is 4.79 Å². The van der Waals surface area contributed by atoms with Crippen LogP contribution in [0.1, 0.15) is 27.9 Å². The minimum atomic E-state index is -0.374. The lowest BCUT2D eigenvalue weighted by Gasteiger charge is -2.17. The van der Waals surface area contributed by atoms with E-state index in [0.29, 0.717) is 17.3 Å². The third-order valence-corrected chi connectivity index (χ3v) is 4.46. The molecule has 4 rings (SSSR count). The maximum Gasteiger partial charge on any atom is 0.337 e. The molecular formula is C23H19N3O3. The van der Waals surface area contributed by atoms with E-state index in [1.165, 1.54) is 7.11 Å². The zero-order valence-electron chi connectivity index (χ0n) is 15.8. The summed E-state index contributed by atoms with van der Waals surface area (Å²) in [7, 11) is 1.36. The number of nitrogens with zero attached hydrogens (tertiary/aromatic N) is 2. The van der Waals surface area contributed by atoms with Gasteiger partial charge in [0, 0.05) is 11.3 Å². The lowest BCUT2D eigenvalue weighted by molar-refractivity contribution is 0.0601. The van der Waals surface area contributed by atoms with Crippen molar-refractivity contribution < 1.29 is 13.9 Å². The molecule has 0 unspecified atom stereocenters. The van der Waals surface area contributed by atoms with Crippen molar-refractivity contribution in [3.8, 4) is 11.5 Å². The largest absolute Gasteiger partial charge is 0.465 e. The van der Waals surface area contributed by atoms with Crippen molar-refractivity contribution in [2.75, 3.05) is 12.4 Å². The molecule has 0 saturated heterocycles. The SMILES string of the molecule is COC(=O)c1ccc(N[C@@H](c2ccccc2)c2nnc(-c3ccccc3)o2)cc1. The van der Waals surface area contributed by atoms with Crippen molar-refractivity contribution in [2.24, 2.45) is 0 Å². The van der Waals surface area contributed by atoms with Crippen LogP contribution in [0.4, 0.5) is 5.69 Å². The van der Waals surface area contributed by atoms with E-state index in [2.05, 4.69) is 15.5 Å². The van der Waals surface area contributed by atoms with Crippen LogP contribution < -0.4 is 5.32 Å². The first kappa shape index (κ1) is 18.4. The summed E-state index contributed by atoms with van der Waals surface area (Å²) in [5.74, 6) is 0.539. The fraction of sp³-hybridized carbons (Fsp3) is 0.0870.